The lowest BCUT2D eigenvalue weighted by Crippen LogP contribution is -2.55. The summed E-state index contributed by atoms with van der Waals surface area (Å²) in [5.74, 6) is -0.0254. The van der Waals surface area contributed by atoms with Gasteiger partial charge in [0.15, 0.2) is 0 Å². The number of carbonyl (C=O) groups excluding carboxylic acids is 1. The van der Waals surface area contributed by atoms with Crippen molar-refractivity contribution < 1.29 is 14.6 Å². The van der Waals surface area contributed by atoms with E-state index in [1.54, 1.807) is 0 Å². The first-order chi connectivity index (χ1) is 7.96. The third-order valence-electron chi connectivity index (χ3n) is 4.08. The lowest BCUT2D eigenvalue weighted by Gasteiger charge is -2.29. The van der Waals surface area contributed by atoms with Gasteiger partial charge in [0.25, 0.3) is 0 Å². The molecule has 0 saturated carbocycles. The Hall–Kier alpha value is -0.650. The standard InChI is InChI=1S/C12H22N2O3/c1-9-12(16,5-7-17-9)8-13-10(15)11(2)4-3-6-14-11/h9,14,16H,3-8H2,1-2H3,(H,13,15). The van der Waals surface area contributed by atoms with Gasteiger partial charge in [-0.25, -0.2) is 0 Å². The predicted octanol–water partition coefficient (Wildman–Crippen LogP) is -0.215. The molecule has 2 aliphatic heterocycles. The maximum atomic E-state index is 12.0. The van der Waals surface area contributed by atoms with E-state index in [9.17, 15) is 9.90 Å². The van der Waals surface area contributed by atoms with Crippen LogP contribution in [0.2, 0.25) is 0 Å². The van der Waals surface area contributed by atoms with Crippen molar-refractivity contribution in [2.24, 2.45) is 0 Å². The van der Waals surface area contributed by atoms with Crippen LogP contribution in [0, 0.1) is 0 Å². The molecule has 3 N–H and O–H groups in total. The molecular formula is C12H22N2O3. The summed E-state index contributed by atoms with van der Waals surface area (Å²) >= 11 is 0. The molecule has 3 atom stereocenters. The van der Waals surface area contributed by atoms with Gasteiger partial charge < -0.3 is 20.5 Å². The van der Waals surface area contributed by atoms with Gasteiger partial charge >= 0.3 is 0 Å². The van der Waals surface area contributed by atoms with Crippen LogP contribution in [0.15, 0.2) is 0 Å². The summed E-state index contributed by atoms with van der Waals surface area (Å²) in [6.45, 7) is 5.46. The molecule has 0 bridgehead atoms. The van der Waals surface area contributed by atoms with Gasteiger partial charge in [0.05, 0.1) is 11.6 Å². The smallest absolute Gasteiger partial charge is 0.240 e. The quantitative estimate of drug-likeness (QED) is 0.640. The Labute approximate surface area is 102 Å². The van der Waals surface area contributed by atoms with Crippen LogP contribution in [-0.4, -0.2) is 48.0 Å². The fourth-order valence-electron chi connectivity index (χ4n) is 2.52. The molecule has 5 heteroatoms. The first kappa shape index (κ1) is 12.8. The van der Waals surface area contributed by atoms with Crippen LogP contribution in [0.1, 0.15) is 33.1 Å². The van der Waals surface area contributed by atoms with Crippen molar-refractivity contribution in [2.45, 2.75) is 50.4 Å². The van der Waals surface area contributed by atoms with Crippen molar-refractivity contribution in [3.63, 3.8) is 0 Å². The van der Waals surface area contributed by atoms with E-state index in [1.165, 1.54) is 0 Å². The van der Waals surface area contributed by atoms with Gasteiger partial charge in [0.1, 0.15) is 5.60 Å². The van der Waals surface area contributed by atoms with Gasteiger partial charge in [0, 0.05) is 19.6 Å². The van der Waals surface area contributed by atoms with Crippen LogP contribution in [0.3, 0.4) is 0 Å². The van der Waals surface area contributed by atoms with E-state index in [0.717, 1.165) is 19.4 Å². The lowest BCUT2D eigenvalue weighted by atomic mass is 9.95. The van der Waals surface area contributed by atoms with Crippen LogP contribution in [-0.2, 0) is 9.53 Å². The van der Waals surface area contributed by atoms with E-state index >= 15 is 0 Å². The van der Waals surface area contributed by atoms with Crippen molar-refractivity contribution in [2.75, 3.05) is 19.7 Å². The monoisotopic (exact) mass is 242 g/mol. The topological polar surface area (TPSA) is 70.6 Å². The van der Waals surface area contributed by atoms with E-state index < -0.39 is 11.1 Å². The zero-order chi connectivity index (χ0) is 12.5. The second-order valence-electron chi connectivity index (χ2n) is 5.41. The Kier molecular flexibility index (Phi) is 3.43. The van der Waals surface area contributed by atoms with Gasteiger partial charge in [-0.15, -0.1) is 0 Å². The summed E-state index contributed by atoms with van der Waals surface area (Å²) in [6.07, 6.45) is 2.24. The number of carbonyl (C=O) groups is 1. The summed E-state index contributed by atoms with van der Waals surface area (Å²) < 4.78 is 5.33. The highest BCUT2D eigenvalue weighted by atomic mass is 16.5. The van der Waals surface area contributed by atoms with Crippen LogP contribution in [0.5, 0.6) is 0 Å². The number of nitrogens with one attached hydrogen (secondary N) is 2. The van der Waals surface area contributed by atoms with E-state index in [4.69, 9.17) is 4.74 Å². The largest absolute Gasteiger partial charge is 0.385 e. The fraction of sp³-hybridized carbons (Fsp3) is 0.917. The average molecular weight is 242 g/mol. The molecule has 2 fully saturated rings. The Morgan fingerprint density at radius 1 is 1.59 bits per heavy atom. The predicted molar refractivity (Wildman–Crippen MR) is 63.6 cm³/mol. The molecule has 2 rings (SSSR count). The van der Waals surface area contributed by atoms with E-state index in [1.807, 2.05) is 13.8 Å². The molecule has 0 aromatic rings. The molecular weight excluding hydrogens is 220 g/mol. The molecule has 1 amide bonds. The molecule has 5 nitrogen and oxygen atoms in total. The van der Waals surface area contributed by atoms with Crippen molar-refractivity contribution in [1.82, 2.24) is 10.6 Å². The zero-order valence-corrected chi connectivity index (χ0v) is 10.6. The molecule has 0 spiro atoms. The van der Waals surface area contributed by atoms with Crippen molar-refractivity contribution in [3.05, 3.63) is 0 Å². The Bertz CT molecular complexity index is 302. The molecule has 0 aromatic carbocycles. The van der Waals surface area contributed by atoms with Crippen LogP contribution >= 0.6 is 0 Å². The van der Waals surface area contributed by atoms with Crippen molar-refractivity contribution >= 4 is 5.91 Å². The molecule has 0 aliphatic carbocycles. The highest BCUT2D eigenvalue weighted by molar-refractivity contribution is 5.86. The Morgan fingerprint density at radius 3 is 2.88 bits per heavy atom. The number of amides is 1. The molecule has 0 aromatic heterocycles. The van der Waals surface area contributed by atoms with E-state index in [-0.39, 0.29) is 18.6 Å². The normalized spacial score (nSPS) is 41.7. The van der Waals surface area contributed by atoms with Crippen LogP contribution in [0.4, 0.5) is 0 Å². The molecule has 17 heavy (non-hydrogen) atoms. The second kappa shape index (κ2) is 4.55. The van der Waals surface area contributed by atoms with Gasteiger partial charge in [-0.2, -0.15) is 0 Å². The van der Waals surface area contributed by atoms with Gasteiger partial charge in [-0.3, -0.25) is 4.79 Å². The molecule has 3 unspecified atom stereocenters. The first-order valence-corrected chi connectivity index (χ1v) is 6.34. The summed E-state index contributed by atoms with van der Waals surface area (Å²) in [7, 11) is 0. The minimum atomic E-state index is -0.912. The summed E-state index contributed by atoms with van der Waals surface area (Å²) in [5.41, 5.74) is -1.39. The highest BCUT2D eigenvalue weighted by Gasteiger charge is 2.42. The molecule has 2 saturated heterocycles. The van der Waals surface area contributed by atoms with E-state index in [0.29, 0.717) is 13.0 Å². The maximum Gasteiger partial charge on any atom is 0.240 e. The third kappa shape index (κ3) is 2.46. The van der Waals surface area contributed by atoms with Gasteiger partial charge in [0.2, 0.25) is 5.91 Å². The maximum absolute atomic E-state index is 12.0. The van der Waals surface area contributed by atoms with Crippen molar-refractivity contribution in [3.8, 4) is 0 Å². The van der Waals surface area contributed by atoms with Crippen LogP contribution in [0.25, 0.3) is 0 Å². The number of ether oxygens (including phenoxy) is 1. The fourth-order valence-corrected chi connectivity index (χ4v) is 2.52. The number of hydrogen-bond donors (Lipinski definition) is 3. The third-order valence-corrected chi connectivity index (χ3v) is 4.08. The van der Waals surface area contributed by atoms with Crippen LogP contribution < -0.4 is 10.6 Å². The SMILES string of the molecule is CC1OCCC1(O)CNC(=O)C1(C)CCCN1. The Morgan fingerprint density at radius 2 is 2.35 bits per heavy atom. The Balaban J connectivity index is 1.87. The molecule has 98 valence electrons. The lowest BCUT2D eigenvalue weighted by molar-refractivity contribution is -0.128. The summed E-state index contributed by atoms with van der Waals surface area (Å²) in [6, 6.07) is 0. The molecule has 2 aliphatic rings. The first-order valence-electron chi connectivity index (χ1n) is 6.34. The summed E-state index contributed by atoms with van der Waals surface area (Å²) in [5, 5.41) is 16.3. The van der Waals surface area contributed by atoms with Gasteiger partial charge in [-0.1, -0.05) is 0 Å². The highest BCUT2D eigenvalue weighted by Crippen LogP contribution is 2.25. The van der Waals surface area contributed by atoms with E-state index in [2.05, 4.69) is 10.6 Å². The zero-order valence-electron chi connectivity index (χ0n) is 10.6. The van der Waals surface area contributed by atoms with Crippen molar-refractivity contribution in [1.29, 1.82) is 0 Å². The summed E-state index contributed by atoms with van der Waals surface area (Å²) in [4.78, 5) is 12.0. The number of rotatable bonds is 3. The number of hydrogen-bond acceptors (Lipinski definition) is 4. The van der Waals surface area contributed by atoms with Gasteiger partial charge in [-0.05, 0) is 33.2 Å². The second-order valence-corrected chi connectivity index (χ2v) is 5.41. The molecule has 0 radical (unpaired) electrons. The minimum Gasteiger partial charge on any atom is -0.385 e. The minimum absolute atomic E-state index is 0.0254. The average Bonchev–Trinajstić information content (AvgIpc) is 2.86. The molecule has 2 heterocycles. The number of aliphatic hydroxyl groups is 1.